The average molecular weight is 467 g/mol. The van der Waals surface area contributed by atoms with Gasteiger partial charge < -0.3 is 27.2 Å². The molecule has 0 atom stereocenters. The van der Waals surface area contributed by atoms with Crippen LogP contribution in [-0.2, 0) is 0 Å². The van der Waals surface area contributed by atoms with Crippen molar-refractivity contribution in [3.63, 3.8) is 0 Å². The van der Waals surface area contributed by atoms with Gasteiger partial charge in [0.25, 0.3) is 0 Å². The van der Waals surface area contributed by atoms with Gasteiger partial charge in [-0.05, 0) is 36.4 Å². The monoisotopic (exact) mass is 466 g/mol. The predicted octanol–water partition coefficient (Wildman–Crippen LogP) is 5.85. The van der Waals surface area contributed by atoms with Crippen molar-refractivity contribution in [2.45, 2.75) is 50.9 Å². The van der Waals surface area contributed by atoms with E-state index in [1.54, 1.807) is 24.3 Å². The zero-order valence-corrected chi connectivity index (χ0v) is 14.2. The summed E-state index contributed by atoms with van der Waals surface area (Å²) in [5, 5.41) is 13.5. The summed E-state index contributed by atoms with van der Waals surface area (Å²) in [4.78, 5) is 9.76. The largest absolute Gasteiger partial charge is 0.412 e. The molecule has 0 aliphatic heterocycles. The van der Waals surface area contributed by atoms with Crippen molar-refractivity contribution in [2.75, 3.05) is 11.9 Å². The van der Waals surface area contributed by atoms with Gasteiger partial charge in [0, 0.05) is 30.4 Å². The second-order valence-corrected chi connectivity index (χ2v) is 3.43. The molecule has 8 nitrogen and oxygen atoms in total. The van der Waals surface area contributed by atoms with E-state index in [9.17, 15) is 4.91 Å². The molecule has 0 aliphatic rings. The molecule has 0 bridgehead atoms. The van der Waals surface area contributed by atoms with Gasteiger partial charge in [-0.3, -0.25) is 0 Å². The summed E-state index contributed by atoms with van der Waals surface area (Å²) in [5.41, 5.74) is 16.9. The van der Waals surface area contributed by atoms with Gasteiger partial charge in [-0.15, -0.1) is 17.8 Å². The lowest BCUT2D eigenvalue weighted by Gasteiger charge is -1.99. The molecule has 0 saturated carbocycles. The molecule has 0 saturated heterocycles. The molecule has 2 rings (SSSR count). The number of rotatable bonds is 3. The number of nitroso groups, excluding NO2 is 1. The zero-order valence-electron chi connectivity index (χ0n) is 23.2. The SMILES string of the molecule is C.C.C.C.C.C#C.CCNc1ccccc1.O.O=Nc1ccccc1.[2HH].[2HH].[2H]C([2H])([2H])C#N.[2H]O.[2H]O.[2H]O[2H].[2H][2H].[HH]. The highest BCUT2D eigenvalue weighted by molar-refractivity contribution is 5.42. The number of benzene rings is 2. The van der Waals surface area contributed by atoms with Gasteiger partial charge in [0.05, 0.1) is 6.07 Å². The summed E-state index contributed by atoms with van der Waals surface area (Å²) in [6.07, 6.45) is 8.00. The van der Waals surface area contributed by atoms with Gasteiger partial charge in [0.15, 0.2) is 0 Å². The van der Waals surface area contributed by atoms with Crippen molar-refractivity contribution in [1.29, 1.82) is 8.12 Å². The minimum absolute atomic E-state index is 0. The van der Waals surface area contributed by atoms with E-state index in [1.807, 2.05) is 24.3 Å². The third-order valence-corrected chi connectivity index (χ3v) is 2.02. The van der Waals surface area contributed by atoms with Crippen LogP contribution in [0.3, 0.4) is 0 Å². The van der Waals surface area contributed by atoms with Crippen molar-refractivity contribution >= 4 is 11.4 Å². The molecule has 0 unspecified atom stereocenters. The summed E-state index contributed by atoms with van der Waals surface area (Å²) in [6, 6.07) is 20.0. The first-order valence-electron chi connectivity index (χ1n) is 10.6. The smallest absolute Gasteiger partial charge is 0.206 e. The molecule has 0 amide bonds. The van der Waals surface area contributed by atoms with Gasteiger partial charge in [-0.25, -0.2) is 0 Å². The van der Waals surface area contributed by atoms with Crippen LogP contribution in [0.4, 0.5) is 11.4 Å². The standard InChI is InChI=1S/C8H11N.C6H5NO.C2H3N.C2H2.5CH4.4H2O.4H2/c1-2-9-8-6-4-3-5-7-8;8-7-6-4-2-1-3-5-6;1-2-3;1-2;;;;;;;;;;;;;/h3-7,9H,2H2,1H3;1-5H;1H3;1-2H;5*1H4;4*1H2;4*1H/i;;1D3;;;;;;;;;;;1+1D;2*1+1;/hD4. The Hall–Kier alpha value is -3.27. The predicted molar refractivity (Wildman–Crippen MR) is 150 cm³/mol. The fraction of sp³-hybridized carbons (Fsp3) is 0.348. The third kappa shape index (κ3) is 52.0. The lowest BCUT2D eigenvalue weighted by atomic mass is 10.3. The Morgan fingerprint density at radius 3 is 1.58 bits per heavy atom. The van der Waals surface area contributed by atoms with Crippen molar-refractivity contribution in [3.8, 4) is 18.9 Å². The van der Waals surface area contributed by atoms with E-state index in [0.717, 1.165) is 12.6 Å². The minimum atomic E-state index is -2.40. The van der Waals surface area contributed by atoms with Crippen LogP contribution in [0.1, 0.15) is 65.1 Å². The summed E-state index contributed by atoms with van der Waals surface area (Å²) in [5.74, 6) is 0. The maximum absolute atomic E-state index is 9.76. The lowest BCUT2D eigenvalue weighted by Crippen LogP contribution is -1.94. The topological polar surface area (TPSA) is 191 Å². The maximum atomic E-state index is 9.76. The summed E-state index contributed by atoms with van der Waals surface area (Å²) in [7, 11) is 0. The number of hydrogen-bond acceptors (Lipinski definition) is 4. The van der Waals surface area contributed by atoms with E-state index < -0.39 is 6.85 Å². The van der Waals surface area contributed by atoms with E-state index in [-0.39, 0.29) is 46.9 Å². The first kappa shape index (κ1) is 32.4. The van der Waals surface area contributed by atoms with Crippen molar-refractivity contribution in [1.82, 2.24) is 0 Å². The Morgan fingerprint density at radius 1 is 1.03 bits per heavy atom. The van der Waals surface area contributed by atoms with E-state index in [1.165, 1.54) is 5.69 Å². The lowest BCUT2D eigenvalue weighted by molar-refractivity contribution is 0.823. The van der Waals surface area contributed by atoms with Crippen molar-refractivity contribution in [3.05, 3.63) is 65.6 Å². The fourth-order valence-electron chi connectivity index (χ4n) is 1.25. The molecule has 0 radical (unpaired) electrons. The second kappa shape index (κ2) is 63.2. The summed E-state index contributed by atoms with van der Waals surface area (Å²) in [6.45, 7) is 0.678. The molecule has 0 heterocycles. The van der Waals surface area contributed by atoms with E-state index >= 15 is 0 Å². The van der Waals surface area contributed by atoms with Crippen molar-refractivity contribution < 1.29 is 36.1 Å². The number of terminal acetylenes is 1. The zero-order chi connectivity index (χ0) is 28.3. The Morgan fingerprint density at radius 2 is 1.35 bits per heavy atom. The molecule has 2 aromatic carbocycles. The minimum Gasteiger partial charge on any atom is -0.412 e. The first-order valence-corrected chi connectivity index (χ1v) is 6.35. The van der Waals surface area contributed by atoms with Gasteiger partial charge in [-0.2, -0.15) is 5.26 Å². The third-order valence-electron chi connectivity index (χ3n) is 2.02. The van der Waals surface area contributed by atoms with Crippen LogP contribution in [0.2, 0.25) is 0 Å². The highest BCUT2D eigenvalue weighted by Crippen LogP contribution is 2.07. The Labute approximate surface area is 209 Å². The number of nitriles is 1. The van der Waals surface area contributed by atoms with Crippen LogP contribution < -0.4 is 5.32 Å². The number of hydrogen-bond donors (Lipinski definition) is 1. The highest BCUT2D eigenvalue weighted by Gasteiger charge is 1.82. The van der Waals surface area contributed by atoms with E-state index in [4.69, 9.17) is 29.0 Å². The Balaban J connectivity index is -0.0000000167. The molecule has 9 N–H and O–H groups in total. The molecule has 0 fully saturated rings. The molecule has 2 aromatic rings. The number of nitrogens with one attached hydrogen (secondary N) is 1. The molecular formula is C23H57N3O5. The van der Waals surface area contributed by atoms with Crippen LogP contribution in [0, 0.1) is 29.1 Å². The van der Waals surface area contributed by atoms with Crippen molar-refractivity contribution in [2.24, 2.45) is 5.18 Å². The quantitative estimate of drug-likeness (QED) is 0.438. The van der Waals surface area contributed by atoms with Crippen LogP contribution in [-0.4, -0.2) is 31.3 Å². The van der Waals surface area contributed by atoms with E-state index in [2.05, 4.69) is 47.9 Å². The Bertz CT molecular complexity index is 674. The maximum Gasteiger partial charge on any atom is 0.206 e. The van der Waals surface area contributed by atoms with Gasteiger partial charge >= 0.3 is 0 Å². The first-order chi connectivity index (χ1) is 16.3. The molecule has 8 heteroatoms. The average Bonchev–Trinajstić information content (AvgIpc) is 2.91. The molecule has 31 heavy (non-hydrogen) atoms. The van der Waals surface area contributed by atoms with Gasteiger partial charge in [0.1, 0.15) is 5.69 Å². The number of nitrogens with zero attached hydrogens (tertiary/aromatic N) is 2. The second-order valence-electron chi connectivity index (χ2n) is 3.43. The Kier molecular flexibility index (Phi) is 66.1. The van der Waals surface area contributed by atoms with Gasteiger partial charge in [-0.1, -0.05) is 73.5 Å². The summed E-state index contributed by atoms with van der Waals surface area (Å²) >= 11 is 0. The van der Waals surface area contributed by atoms with Crippen LogP contribution in [0.25, 0.3) is 0 Å². The van der Waals surface area contributed by atoms with Crippen LogP contribution in [0.15, 0.2) is 65.8 Å². The molecule has 0 spiro atoms. The summed E-state index contributed by atoms with van der Waals surface area (Å²) < 4.78 is 48.7. The van der Waals surface area contributed by atoms with Crippen LogP contribution >= 0.6 is 0 Å². The number of anilines is 1. The molecule has 0 aliphatic carbocycles. The molecule has 194 valence electrons. The highest BCUT2D eigenvalue weighted by atomic mass is 16.3. The van der Waals surface area contributed by atoms with E-state index in [0.29, 0.717) is 5.69 Å². The normalized spacial score (nSPS) is 8.32. The van der Waals surface area contributed by atoms with Crippen LogP contribution in [0.5, 0.6) is 0 Å². The molecule has 0 aromatic heterocycles. The van der Waals surface area contributed by atoms with Gasteiger partial charge in [0.2, 0.25) is 5.72 Å². The fourth-order valence-corrected chi connectivity index (χ4v) is 1.25. The molecular weight excluding hydrogens is 398 g/mol. The number of para-hydroxylation sites is 1.